The SMILES string of the molecule is CCC1CCCCCN1C(=O)c1cc(N)cc(C)c1F. The predicted molar refractivity (Wildman–Crippen MR) is 79.1 cm³/mol. The molecule has 2 rings (SSSR count). The molecule has 1 unspecified atom stereocenters. The minimum Gasteiger partial charge on any atom is -0.399 e. The lowest BCUT2D eigenvalue weighted by Gasteiger charge is -2.29. The monoisotopic (exact) mass is 278 g/mol. The summed E-state index contributed by atoms with van der Waals surface area (Å²) in [6.07, 6.45) is 5.18. The Morgan fingerprint density at radius 1 is 1.40 bits per heavy atom. The summed E-state index contributed by atoms with van der Waals surface area (Å²) in [5, 5.41) is 0. The van der Waals surface area contributed by atoms with Gasteiger partial charge in [-0.1, -0.05) is 19.8 Å². The molecule has 1 aliphatic rings. The number of aryl methyl sites for hydroxylation is 1. The summed E-state index contributed by atoms with van der Waals surface area (Å²) in [6, 6.07) is 3.24. The van der Waals surface area contributed by atoms with Crippen LogP contribution in [0.15, 0.2) is 12.1 Å². The standard InChI is InChI=1S/C16H23FN2O/c1-3-13-7-5-4-6-8-19(13)16(20)14-10-12(18)9-11(2)15(14)17/h9-10,13H,3-8,18H2,1-2H3. The summed E-state index contributed by atoms with van der Waals surface area (Å²) in [4.78, 5) is 14.5. The van der Waals surface area contributed by atoms with Crippen LogP contribution < -0.4 is 5.73 Å². The molecule has 1 atom stereocenters. The predicted octanol–water partition coefficient (Wildman–Crippen LogP) is 3.51. The van der Waals surface area contributed by atoms with Crippen LogP contribution in [0.1, 0.15) is 54.9 Å². The third kappa shape index (κ3) is 2.94. The fraction of sp³-hybridized carbons (Fsp3) is 0.562. The van der Waals surface area contributed by atoms with Crippen molar-refractivity contribution in [3.05, 3.63) is 29.1 Å². The van der Waals surface area contributed by atoms with E-state index in [2.05, 4.69) is 6.92 Å². The van der Waals surface area contributed by atoms with E-state index in [1.54, 1.807) is 13.0 Å². The van der Waals surface area contributed by atoms with Crippen molar-refractivity contribution in [1.29, 1.82) is 0 Å². The minimum absolute atomic E-state index is 0.114. The molecule has 0 bridgehead atoms. The van der Waals surface area contributed by atoms with Gasteiger partial charge in [0, 0.05) is 18.3 Å². The first-order valence-electron chi connectivity index (χ1n) is 7.41. The molecule has 110 valence electrons. The van der Waals surface area contributed by atoms with Gasteiger partial charge in [0.25, 0.3) is 5.91 Å². The highest BCUT2D eigenvalue weighted by molar-refractivity contribution is 5.95. The molecule has 0 aliphatic carbocycles. The number of nitrogens with zero attached hydrogens (tertiary/aromatic N) is 1. The Kier molecular flexibility index (Phi) is 4.63. The Balaban J connectivity index is 2.33. The molecule has 1 amide bonds. The Morgan fingerprint density at radius 3 is 2.85 bits per heavy atom. The molecule has 0 aromatic heterocycles. The lowest BCUT2D eigenvalue weighted by Crippen LogP contribution is -2.40. The number of benzene rings is 1. The van der Waals surface area contributed by atoms with Crippen LogP contribution in [0.25, 0.3) is 0 Å². The number of amides is 1. The molecule has 1 aliphatic heterocycles. The summed E-state index contributed by atoms with van der Waals surface area (Å²) in [7, 11) is 0. The average molecular weight is 278 g/mol. The van der Waals surface area contributed by atoms with Crippen LogP contribution in [0, 0.1) is 12.7 Å². The van der Waals surface area contributed by atoms with E-state index < -0.39 is 5.82 Å². The van der Waals surface area contributed by atoms with Gasteiger partial charge in [0.1, 0.15) is 5.82 Å². The van der Waals surface area contributed by atoms with Crippen LogP contribution in [0.2, 0.25) is 0 Å². The summed E-state index contributed by atoms with van der Waals surface area (Å²) < 4.78 is 14.2. The number of nitrogen functional groups attached to an aromatic ring is 1. The molecule has 20 heavy (non-hydrogen) atoms. The number of carbonyl (C=O) groups is 1. The van der Waals surface area contributed by atoms with Gasteiger partial charge in [-0.2, -0.15) is 0 Å². The third-order valence-corrected chi connectivity index (χ3v) is 4.12. The fourth-order valence-electron chi connectivity index (χ4n) is 2.98. The molecule has 1 saturated heterocycles. The van der Waals surface area contributed by atoms with Gasteiger partial charge in [-0.25, -0.2) is 4.39 Å². The second-order valence-electron chi connectivity index (χ2n) is 5.61. The van der Waals surface area contributed by atoms with Crippen molar-refractivity contribution in [2.45, 2.75) is 52.0 Å². The molecule has 0 saturated carbocycles. The maximum absolute atomic E-state index is 14.2. The number of rotatable bonds is 2. The maximum atomic E-state index is 14.2. The van der Waals surface area contributed by atoms with E-state index in [0.717, 1.165) is 32.1 Å². The van der Waals surface area contributed by atoms with Crippen molar-refractivity contribution in [3.8, 4) is 0 Å². The van der Waals surface area contributed by atoms with Gasteiger partial charge in [0.2, 0.25) is 0 Å². The first kappa shape index (κ1) is 14.8. The molecule has 3 nitrogen and oxygen atoms in total. The molecular weight excluding hydrogens is 255 g/mol. The summed E-state index contributed by atoms with van der Waals surface area (Å²) >= 11 is 0. The van der Waals surface area contributed by atoms with Crippen LogP contribution in [-0.2, 0) is 0 Å². The number of likely N-dealkylation sites (tertiary alicyclic amines) is 1. The lowest BCUT2D eigenvalue weighted by atomic mass is 10.0. The molecular formula is C16H23FN2O. The smallest absolute Gasteiger partial charge is 0.257 e. The van der Waals surface area contributed by atoms with Crippen molar-refractivity contribution in [2.75, 3.05) is 12.3 Å². The molecule has 2 N–H and O–H groups in total. The quantitative estimate of drug-likeness (QED) is 0.841. The lowest BCUT2D eigenvalue weighted by molar-refractivity contribution is 0.0673. The number of carbonyl (C=O) groups excluding carboxylic acids is 1. The number of halogens is 1. The van der Waals surface area contributed by atoms with Gasteiger partial charge >= 0.3 is 0 Å². The average Bonchev–Trinajstić information content (AvgIpc) is 2.67. The van der Waals surface area contributed by atoms with Crippen LogP contribution in [0.5, 0.6) is 0 Å². The minimum atomic E-state index is -0.441. The Morgan fingerprint density at radius 2 is 2.15 bits per heavy atom. The second kappa shape index (κ2) is 6.25. The molecule has 1 fully saturated rings. The number of nitrogens with two attached hydrogens (primary N) is 1. The van der Waals surface area contributed by atoms with Crippen molar-refractivity contribution in [1.82, 2.24) is 4.90 Å². The zero-order valence-corrected chi connectivity index (χ0v) is 12.3. The van der Waals surface area contributed by atoms with E-state index >= 15 is 0 Å². The van der Waals surface area contributed by atoms with E-state index in [-0.39, 0.29) is 17.5 Å². The van der Waals surface area contributed by atoms with Crippen LogP contribution in [-0.4, -0.2) is 23.4 Å². The number of hydrogen-bond donors (Lipinski definition) is 1. The topological polar surface area (TPSA) is 46.3 Å². The van der Waals surface area contributed by atoms with E-state index in [9.17, 15) is 9.18 Å². The van der Waals surface area contributed by atoms with Gasteiger partial charge in [-0.15, -0.1) is 0 Å². The number of anilines is 1. The summed E-state index contributed by atoms with van der Waals surface area (Å²) in [6.45, 7) is 4.43. The summed E-state index contributed by atoms with van der Waals surface area (Å²) in [5.74, 6) is -0.657. The normalized spacial score (nSPS) is 19.8. The van der Waals surface area contributed by atoms with Gasteiger partial charge < -0.3 is 10.6 Å². The zero-order valence-electron chi connectivity index (χ0n) is 12.3. The highest BCUT2D eigenvalue weighted by atomic mass is 19.1. The van der Waals surface area contributed by atoms with Crippen molar-refractivity contribution in [3.63, 3.8) is 0 Å². The highest BCUT2D eigenvalue weighted by Crippen LogP contribution is 2.24. The molecule has 0 spiro atoms. The molecule has 1 aromatic carbocycles. The molecule has 0 radical (unpaired) electrons. The van der Waals surface area contributed by atoms with E-state index in [0.29, 0.717) is 17.8 Å². The van der Waals surface area contributed by atoms with Crippen LogP contribution >= 0.6 is 0 Å². The van der Waals surface area contributed by atoms with Crippen LogP contribution in [0.3, 0.4) is 0 Å². The second-order valence-corrected chi connectivity index (χ2v) is 5.61. The van der Waals surface area contributed by atoms with Gasteiger partial charge in [0.15, 0.2) is 0 Å². The molecule has 4 heteroatoms. The van der Waals surface area contributed by atoms with Gasteiger partial charge in [-0.3, -0.25) is 4.79 Å². The summed E-state index contributed by atoms with van der Waals surface area (Å²) in [5.41, 5.74) is 6.74. The van der Waals surface area contributed by atoms with Crippen molar-refractivity contribution >= 4 is 11.6 Å². The largest absolute Gasteiger partial charge is 0.399 e. The maximum Gasteiger partial charge on any atom is 0.257 e. The van der Waals surface area contributed by atoms with Gasteiger partial charge in [0.05, 0.1) is 5.56 Å². The van der Waals surface area contributed by atoms with E-state index in [1.165, 1.54) is 6.07 Å². The Labute approximate surface area is 120 Å². The molecule has 1 heterocycles. The van der Waals surface area contributed by atoms with Gasteiger partial charge in [-0.05, 0) is 43.9 Å². The first-order valence-corrected chi connectivity index (χ1v) is 7.41. The first-order chi connectivity index (χ1) is 9.54. The number of hydrogen-bond acceptors (Lipinski definition) is 2. The van der Waals surface area contributed by atoms with Crippen molar-refractivity contribution < 1.29 is 9.18 Å². The zero-order chi connectivity index (χ0) is 14.7. The third-order valence-electron chi connectivity index (χ3n) is 4.12. The Bertz CT molecular complexity index is 501. The fourth-order valence-corrected chi connectivity index (χ4v) is 2.98. The van der Waals surface area contributed by atoms with E-state index in [1.807, 2.05) is 4.90 Å². The van der Waals surface area contributed by atoms with E-state index in [4.69, 9.17) is 5.73 Å². The highest BCUT2D eigenvalue weighted by Gasteiger charge is 2.27. The Hall–Kier alpha value is -1.58. The van der Waals surface area contributed by atoms with Crippen molar-refractivity contribution in [2.24, 2.45) is 0 Å². The molecule has 1 aromatic rings. The van der Waals surface area contributed by atoms with Crippen LogP contribution in [0.4, 0.5) is 10.1 Å².